The Kier molecular flexibility index (Phi) is 3.41. The lowest BCUT2D eigenvalue weighted by Crippen LogP contribution is -2.38. The Balaban J connectivity index is 1.97. The summed E-state index contributed by atoms with van der Waals surface area (Å²) in [6.45, 7) is 5.62. The minimum absolute atomic E-state index is 0.0531. The third-order valence-corrected chi connectivity index (χ3v) is 3.92. The van der Waals surface area contributed by atoms with Crippen LogP contribution in [0.1, 0.15) is 24.8 Å². The molecule has 0 spiro atoms. The number of rotatable bonds is 3. The van der Waals surface area contributed by atoms with Gasteiger partial charge in [0.1, 0.15) is 0 Å². The fourth-order valence-corrected chi connectivity index (χ4v) is 2.32. The van der Waals surface area contributed by atoms with E-state index in [1.165, 1.54) is 10.5 Å². The highest BCUT2D eigenvalue weighted by Crippen LogP contribution is 2.19. The van der Waals surface area contributed by atoms with Gasteiger partial charge in [-0.15, -0.1) is 11.3 Å². The van der Waals surface area contributed by atoms with Crippen molar-refractivity contribution in [1.82, 2.24) is 10.6 Å². The molecule has 0 aliphatic carbocycles. The van der Waals surface area contributed by atoms with Crippen molar-refractivity contribution in [1.29, 1.82) is 0 Å². The third-order valence-electron chi connectivity index (χ3n) is 2.87. The topological polar surface area (TPSA) is 41.1 Å². The smallest absolute Gasteiger partial charge is 0.247 e. The van der Waals surface area contributed by atoms with Crippen LogP contribution in [-0.4, -0.2) is 19.0 Å². The Morgan fingerprint density at radius 2 is 2.31 bits per heavy atom. The first kappa shape index (κ1) is 11.4. The van der Waals surface area contributed by atoms with Crippen molar-refractivity contribution < 1.29 is 4.79 Å². The Labute approximate surface area is 99.6 Å². The molecule has 1 aromatic rings. The fourth-order valence-electron chi connectivity index (χ4n) is 1.59. The molecule has 1 aliphatic heterocycles. The molecule has 4 heteroatoms. The number of hydrogen-bond acceptors (Lipinski definition) is 3. The average Bonchev–Trinajstić information content (AvgIpc) is 2.67. The summed E-state index contributed by atoms with van der Waals surface area (Å²) >= 11 is 1.67. The highest BCUT2D eigenvalue weighted by Gasteiger charge is 2.17. The first-order chi connectivity index (χ1) is 7.68. The molecular formula is C12H16N2OS. The second-order valence-electron chi connectivity index (χ2n) is 4.04. The molecule has 0 aromatic carbocycles. The van der Waals surface area contributed by atoms with Gasteiger partial charge in [-0.25, -0.2) is 0 Å². The van der Waals surface area contributed by atoms with Gasteiger partial charge in [0.15, 0.2) is 0 Å². The Morgan fingerprint density at radius 1 is 1.56 bits per heavy atom. The van der Waals surface area contributed by atoms with E-state index in [1.807, 2.05) is 31.4 Å². The van der Waals surface area contributed by atoms with Crippen LogP contribution in [-0.2, 0) is 4.79 Å². The van der Waals surface area contributed by atoms with Gasteiger partial charge in [0.25, 0.3) is 0 Å². The van der Waals surface area contributed by atoms with Crippen LogP contribution in [0.4, 0.5) is 0 Å². The van der Waals surface area contributed by atoms with Crippen LogP contribution in [0, 0.1) is 0 Å². The van der Waals surface area contributed by atoms with Crippen molar-refractivity contribution in [3.8, 4) is 0 Å². The van der Waals surface area contributed by atoms with Crippen molar-refractivity contribution in [2.75, 3.05) is 13.1 Å². The maximum Gasteiger partial charge on any atom is 0.247 e. The third kappa shape index (κ3) is 2.33. The average molecular weight is 236 g/mol. The van der Waals surface area contributed by atoms with Gasteiger partial charge in [0, 0.05) is 23.5 Å². The van der Waals surface area contributed by atoms with E-state index in [9.17, 15) is 4.79 Å². The number of carbonyl (C=O) groups is 1. The van der Waals surface area contributed by atoms with Crippen molar-refractivity contribution in [3.63, 3.8) is 0 Å². The molecule has 1 aliphatic rings. The molecule has 2 rings (SSSR count). The van der Waals surface area contributed by atoms with Crippen molar-refractivity contribution in [3.05, 3.63) is 33.5 Å². The van der Waals surface area contributed by atoms with Gasteiger partial charge in [-0.3, -0.25) is 4.79 Å². The molecule has 1 amide bonds. The van der Waals surface area contributed by atoms with Crippen molar-refractivity contribution in [2.24, 2.45) is 0 Å². The van der Waals surface area contributed by atoms with Crippen LogP contribution >= 0.6 is 11.3 Å². The zero-order valence-electron chi connectivity index (χ0n) is 9.54. The van der Waals surface area contributed by atoms with E-state index < -0.39 is 0 Å². The number of hydrogen-bond donors (Lipinski definition) is 2. The van der Waals surface area contributed by atoms with Gasteiger partial charge in [-0.1, -0.05) is 6.07 Å². The molecule has 16 heavy (non-hydrogen) atoms. The fraction of sp³-hybridized carbons (Fsp3) is 0.417. The molecule has 1 aromatic heterocycles. The molecule has 2 heterocycles. The van der Waals surface area contributed by atoms with E-state index in [4.69, 9.17) is 0 Å². The minimum atomic E-state index is 0.0531. The molecule has 1 unspecified atom stereocenters. The molecule has 86 valence electrons. The Morgan fingerprint density at radius 3 is 2.81 bits per heavy atom. The zero-order chi connectivity index (χ0) is 11.5. The monoisotopic (exact) mass is 236 g/mol. The number of amides is 1. The van der Waals surface area contributed by atoms with Crippen LogP contribution in [0.5, 0.6) is 0 Å². The summed E-state index contributed by atoms with van der Waals surface area (Å²) in [5.74, 6) is 0.0531. The van der Waals surface area contributed by atoms with E-state index in [1.54, 1.807) is 11.3 Å². The molecule has 0 bridgehead atoms. The number of nitrogens with one attached hydrogen (secondary N) is 2. The van der Waals surface area contributed by atoms with Crippen LogP contribution in [0.25, 0.3) is 0 Å². The summed E-state index contributed by atoms with van der Waals surface area (Å²) in [7, 11) is 0. The Bertz CT molecular complexity index is 403. The highest BCUT2D eigenvalue weighted by molar-refractivity contribution is 7.10. The SMILES string of the molecule is CC(C(=O)NC(C)c1cccs1)=C1CNC1. The van der Waals surface area contributed by atoms with Gasteiger partial charge in [-0.05, 0) is 30.9 Å². The predicted octanol–water partition coefficient (Wildman–Crippen LogP) is 1.84. The van der Waals surface area contributed by atoms with Gasteiger partial charge in [0.2, 0.25) is 5.91 Å². The molecule has 3 nitrogen and oxygen atoms in total. The molecule has 2 N–H and O–H groups in total. The maximum atomic E-state index is 11.9. The van der Waals surface area contributed by atoms with Gasteiger partial charge < -0.3 is 10.6 Å². The predicted molar refractivity (Wildman–Crippen MR) is 66.4 cm³/mol. The lowest BCUT2D eigenvalue weighted by molar-refractivity contribution is -0.118. The normalized spacial score (nSPS) is 16.5. The van der Waals surface area contributed by atoms with Gasteiger partial charge >= 0.3 is 0 Å². The second kappa shape index (κ2) is 4.80. The molecule has 0 radical (unpaired) electrons. The van der Waals surface area contributed by atoms with Crippen LogP contribution < -0.4 is 10.6 Å². The van der Waals surface area contributed by atoms with E-state index in [0.717, 1.165) is 18.7 Å². The summed E-state index contributed by atoms with van der Waals surface area (Å²) in [5, 5.41) is 8.19. The van der Waals surface area contributed by atoms with Crippen molar-refractivity contribution in [2.45, 2.75) is 19.9 Å². The molecule has 1 atom stereocenters. The van der Waals surface area contributed by atoms with Crippen LogP contribution in [0.15, 0.2) is 28.7 Å². The molecule has 0 saturated carbocycles. The quantitative estimate of drug-likeness (QED) is 0.786. The van der Waals surface area contributed by atoms with Crippen molar-refractivity contribution >= 4 is 17.2 Å². The summed E-state index contributed by atoms with van der Waals surface area (Å²) in [6.07, 6.45) is 0. The number of thiophene rings is 1. The first-order valence-corrected chi connectivity index (χ1v) is 6.30. The van der Waals surface area contributed by atoms with Gasteiger partial charge in [-0.2, -0.15) is 0 Å². The van der Waals surface area contributed by atoms with Crippen LogP contribution in [0.2, 0.25) is 0 Å². The lowest BCUT2D eigenvalue weighted by Gasteiger charge is -2.22. The summed E-state index contributed by atoms with van der Waals surface area (Å²) in [6, 6.07) is 4.14. The first-order valence-electron chi connectivity index (χ1n) is 5.42. The Hall–Kier alpha value is -1.13. The molecule has 1 saturated heterocycles. The minimum Gasteiger partial charge on any atom is -0.345 e. The maximum absolute atomic E-state index is 11.9. The zero-order valence-corrected chi connectivity index (χ0v) is 10.4. The second-order valence-corrected chi connectivity index (χ2v) is 5.02. The largest absolute Gasteiger partial charge is 0.345 e. The van der Waals surface area contributed by atoms with E-state index in [2.05, 4.69) is 10.6 Å². The van der Waals surface area contributed by atoms with E-state index in [-0.39, 0.29) is 11.9 Å². The number of carbonyl (C=O) groups excluding carboxylic acids is 1. The lowest BCUT2D eigenvalue weighted by atomic mass is 10.0. The molecule has 1 fully saturated rings. The van der Waals surface area contributed by atoms with Gasteiger partial charge in [0.05, 0.1) is 6.04 Å². The summed E-state index contributed by atoms with van der Waals surface area (Å²) < 4.78 is 0. The highest BCUT2D eigenvalue weighted by atomic mass is 32.1. The van der Waals surface area contributed by atoms with E-state index in [0.29, 0.717) is 0 Å². The summed E-state index contributed by atoms with van der Waals surface area (Å²) in [4.78, 5) is 13.1. The van der Waals surface area contributed by atoms with E-state index >= 15 is 0 Å². The molecular weight excluding hydrogens is 220 g/mol. The standard InChI is InChI=1S/C12H16N2OS/c1-8(10-6-13-7-10)12(15)14-9(2)11-4-3-5-16-11/h3-5,9,13H,6-7H2,1-2H3,(H,14,15). The van der Waals surface area contributed by atoms with Crippen LogP contribution in [0.3, 0.4) is 0 Å². The summed E-state index contributed by atoms with van der Waals surface area (Å²) in [5.41, 5.74) is 2.08.